The topological polar surface area (TPSA) is 78.8 Å². The van der Waals surface area contributed by atoms with Gasteiger partial charge < -0.3 is 14.6 Å². The molecule has 1 rings (SSSR count). The van der Waals surface area contributed by atoms with Crippen molar-refractivity contribution >= 4 is 7.60 Å². The van der Waals surface area contributed by atoms with Crippen LogP contribution in [0.25, 0.3) is 0 Å². The minimum absolute atomic E-state index is 0.101. The predicted octanol–water partition coefficient (Wildman–Crippen LogP) is -0.933. The van der Waals surface area contributed by atoms with Gasteiger partial charge in [0.2, 0.25) is 0 Å². The van der Waals surface area contributed by atoms with Gasteiger partial charge in [-0.3, -0.25) is 4.57 Å². The highest BCUT2D eigenvalue weighted by Gasteiger charge is 2.32. The molecule has 0 aromatic heterocycles. The average molecular weight is 153 g/mol. The van der Waals surface area contributed by atoms with Crippen molar-refractivity contribution in [3.63, 3.8) is 0 Å². The minimum atomic E-state index is -3.90. The number of nitrogens with one attached hydrogen (secondary N) is 1. The summed E-state index contributed by atoms with van der Waals surface area (Å²) in [5, 5.41) is 0. The maximum atomic E-state index is 10.4. The van der Waals surface area contributed by atoms with Crippen LogP contribution >= 0.6 is 7.60 Å². The highest BCUT2D eigenvalue weighted by atomic mass is 31.2. The van der Waals surface area contributed by atoms with Crippen LogP contribution in [0.1, 0.15) is 0 Å². The van der Waals surface area contributed by atoms with Crippen molar-refractivity contribution in [2.45, 2.75) is 5.66 Å². The first kappa shape index (κ1) is 7.18. The van der Waals surface area contributed by atoms with Gasteiger partial charge in [-0.15, -0.1) is 0 Å². The summed E-state index contributed by atoms with van der Waals surface area (Å²) in [6.45, 7) is 0.342. The van der Waals surface area contributed by atoms with E-state index in [1.54, 1.807) is 0 Å². The molecule has 0 saturated carbocycles. The molecular formula is C3H8NO4P. The summed E-state index contributed by atoms with van der Waals surface area (Å²) in [7, 11) is -3.90. The van der Waals surface area contributed by atoms with Gasteiger partial charge >= 0.3 is 7.60 Å². The Balaban J connectivity index is 2.52. The molecule has 0 bridgehead atoms. The van der Waals surface area contributed by atoms with E-state index in [-0.39, 0.29) is 13.2 Å². The monoisotopic (exact) mass is 153 g/mol. The van der Waals surface area contributed by atoms with Gasteiger partial charge in [0, 0.05) is 6.54 Å². The molecule has 6 heteroatoms. The van der Waals surface area contributed by atoms with Crippen molar-refractivity contribution in [1.29, 1.82) is 0 Å². The Morgan fingerprint density at radius 3 is 2.56 bits per heavy atom. The Morgan fingerprint density at radius 2 is 2.33 bits per heavy atom. The van der Waals surface area contributed by atoms with E-state index in [0.717, 1.165) is 0 Å². The van der Waals surface area contributed by atoms with Gasteiger partial charge in [-0.25, -0.2) is 5.48 Å². The van der Waals surface area contributed by atoms with Crippen LogP contribution in [0, 0.1) is 0 Å². The SMILES string of the molecule is O=P(O)(O)C1CNOC1. The molecule has 0 aliphatic carbocycles. The molecule has 1 heterocycles. The first-order valence-electron chi connectivity index (χ1n) is 2.50. The molecule has 5 nitrogen and oxygen atoms in total. The fourth-order valence-corrected chi connectivity index (χ4v) is 1.17. The molecule has 3 N–H and O–H groups in total. The second-order valence-electron chi connectivity index (χ2n) is 1.90. The lowest BCUT2D eigenvalue weighted by molar-refractivity contribution is 0.102. The van der Waals surface area contributed by atoms with Gasteiger partial charge in [0.15, 0.2) is 0 Å². The van der Waals surface area contributed by atoms with E-state index >= 15 is 0 Å². The number of hydrogen-bond acceptors (Lipinski definition) is 3. The third-order valence-electron chi connectivity index (χ3n) is 1.17. The first-order chi connectivity index (χ1) is 4.11. The molecule has 0 radical (unpaired) electrons. The second kappa shape index (κ2) is 2.36. The first-order valence-corrected chi connectivity index (χ1v) is 4.19. The fourth-order valence-electron chi connectivity index (χ4n) is 0.585. The molecule has 0 aromatic carbocycles. The molecule has 9 heavy (non-hydrogen) atoms. The van der Waals surface area contributed by atoms with E-state index in [4.69, 9.17) is 9.79 Å². The van der Waals surface area contributed by atoms with Gasteiger partial charge in [0.1, 0.15) is 5.66 Å². The molecule has 1 aliphatic heterocycles. The lowest BCUT2D eigenvalue weighted by Crippen LogP contribution is -2.14. The van der Waals surface area contributed by atoms with Crippen molar-refractivity contribution in [1.82, 2.24) is 5.48 Å². The van der Waals surface area contributed by atoms with E-state index in [2.05, 4.69) is 10.3 Å². The Labute approximate surface area is 52.1 Å². The molecule has 1 aliphatic rings. The zero-order valence-corrected chi connectivity index (χ0v) is 5.54. The van der Waals surface area contributed by atoms with Gasteiger partial charge in [0.05, 0.1) is 6.61 Å². The maximum Gasteiger partial charge on any atom is 0.332 e. The molecule has 1 fully saturated rings. The van der Waals surface area contributed by atoms with Gasteiger partial charge in [-0.1, -0.05) is 0 Å². The highest BCUT2D eigenvalue weighted by Crippen LogP contribution is 2.41. The van der Waals surface area contributed by atoms with Crippen LogP contribution in [0.2, 0.25) is 0 Å². The van der Waals surface area contributed by atoms with Crippen molar-refractivity contribution in [2.24, 2.45) is 0 Å². The Kier molecular flexibility index (Phi) is 1.88. The maximum absolute atomic E-state index is 10.4. The molecule has 0 spiro atoms. The van der Waals surface area contributed by atoms with E-state index in [0.29, 0.717) is 0 Å². The van der Waals surface area contributed by atoms with Gasteiger partial charge in [-0.05, 0) is 0 Å². The lowest BCUT2D eigenvalue weighted by Gasteiger charge is -2.06. The fraction of sp³-hybridized carbons (Fsp3) is 1.00. The zero-order valence-electron chi connectivity index (χ0n) is 4.65. The molecule has 1 atom stereocenters. The summed E-state index contributed by atoms with van der Waals surface area (Å²) in [6.07, 6.45) is 0. The number of hydrogen-bond donors (Lipinski definition) is 3. The van der Waals surface area contributed by atoms with E-state index < -0.39 is 13.3 Å². The third kappa shape index (κ3) is 1.74. The average Bonchev–Trinajstić information content (AvgIpc) is 2.08. The third-order valence-corrected chi connectivity index (χ3v) is 2.46. The smallest absolute Gasteiger partial charge is 0.324 e. The van der Waals surface area contributed by atoms with Crippen LogP contribution in [-0.2, 0) is 9.40 Å². The molecule has 54 valence electrons. The Morgan fingerprint density at radius 1 is 1.67 bits per heavy atom. The highest BCUT2D eigenvalue weighted by molar-refractivity contribution is 7.52. The summed E-state index contributed by atoms with van der Waals surface area (Å²) in [6, 6.07) is 0. The van der Waals surface area contributed by atoms with Crippen molar-refractivity contribution < 1.29 is 19.2 Å². The minimum Gasteiger partial charge on any atom is -0.324 e. The van der Waals surface area contributed by atoms with Crippen molar-refractivity contribution in [3.05, 3.63) is 0 Å². The summed E-state index contributed by atoms with van der Waals surface area (Å²) >= 11 is 0. The summed E-state index contributed by atoms with van der Waals surface area (Å²) in [5.74, 6) is 0. The van der Waals surface area contributed by atoms with E-state index in [1.165, 1.54) is 0 Å². The number of hydroxylamine groups is 1. The Hall–Kier alpha value is 0.0700. The molecule has 1 unspecified atom stereocenters. The summed E-state index contributed by atoms with van der Waals surface area (Å²) in [5.41, 5.74) is 1.73. The molecule has 0 aromatic rings. The normalized spacial score (nSPS) is 28.9. The molecule has 1 saturated heterocycles. The van der Waals surface area contributed by atoms with Crippen LogP contribution in [0.5, 0.6) is 0 Å². The van der Waals surface area contributed by atoms with Crippen LogP contribution < -0.4 is 5.48 Å². The predicted molar refractivity (Wildman–Crippen MR) is 29.8 cm³/mol. The second-order valence-corrected chi connectivity index (χ2v) is 3.81. The van der Waals surface area contributed by atoms with E-state index in [9.17, 15) is 4.57 Å². The largest absolute Gasteiger partial charge is 0.332 e. The van der Waals surface area contributed by atoms with Crippen LogP contribution in [0.15, 0.2) is 0 Å². The van der Waals surface area contributed by atoms with E-state index in [1.807, 2.05) is 0 Å². The Bertz CT molecular complexity index is 137. The summed E-state index contributed by atoms with van der Waals surface area (Å²) < 4.78 is 10.4. The van der Waals surface area contributed by atoms with Crippen molar-refractivity contribution in [2.75, 3.05) is 13.2 Å². The van der Waals surface area contributed by atoms with Gasteiger partial charge in [0.25, 0.3) is 0 Å². The zero-order chi connectivity index (χ0) is 6.91. The quantitative estimate of drug-likeness (QED) is 0.424. The van der Waals surface area contributed by atoms with Crippen LogP contribution in [0.4, 0.5) is 0 Å². The van der Waals surface area contributed by atoms with Gasteiger partial charge in [-0.2, -0.15) is 0 Å². The molecular weight excluding hydrogens is 145 g/mol. The van der Waals surface area contributed by atoms with Crippen LogP contribution in [0.3, 0.4) is 0 Å². The number of rotatable bonds is 1. The molecule has 0 amide bonds. The van der Waals surface area contributed by atoms with Crippen molar-refractivity contribution in [3.8, 4) is 0 Å². The van der Waals surface area contributed by atoms with Crippen LogP contribution in [-0.4, -0.2) is 28.6 Å². The summed E-state index contributed by atoms with van der Waals surface area (Å²) in [4.78, 5) is 21.6. The standard InChI is InChI=1S/C3H8NO4P/c5-9(6,7)3-1-4-8-2-3/h3-4H,1-2H2,(H2,5,6,7). The lowest BCUT2D eigenvalue weighted by atomic mass is 10.5.